The maximum atomic E-state index is 2.12. The first-order chi connectivity index (χ1) is 9.93. The average Bonchev–Trinajstić information content (AvgIpc) is 2.56. The second-order valence-corrected chi connectivity index (χ2v) is 4.69. The van der Waals surface area contributed by atoms with E-state index < -0.39 is 0 Å². The third kappa shape index (κ3) is 6.13. The summed E-state index contributed by atoms with van der Waals surface area (Å²) in [5, 5.41) is 5.24. The minimum atomic E-state index is 0. The molecule has 0 aromatic heterocycles. The predicted octanol–water partition coefficient (Wildman–Crippen LogP) is 5.15. The molecule has 4 aromatic carbocycles. The van der Waals surface area contributed by atoms with Crippen LogP contribution in [-0.4, -0.2) is 16.4 Å². The molecule has 0 fully saturated rings. The summed E-state index contributed by atoms with van der Waals surface area (Å²) in [6, 6.07) is 33.4. The molecule has 125 valence electrons. The van der Waals surface area contributed by atoms with E-state index in [9.17, 15) is 0 Å². The Kier molecular flexibility index (Phi) is 12.3. The molecule has 0 saturated carbocycles. The van der Waals surface area contributed by atoms with Gasteiger partial charge in [0.05, 0.1) is 0 Å². The molecule has 0 aliphatic carbocycles. The van der Waals surface area contributed by atoms with Crippen LogP contribution in [0.1, 0.15) is 0 Å². The van der Waals surface area contributed by atoms with E-state index in [1.807, 2.05) is 0 Å². The second kappa shape index (κ2) is 12.3. The zero-order valence-electron chi connectivity index (χ0n) is 12.9. The Labute approximate surface area is 152 Å². The minimum absolute atomic E-state index is 0. The van der Waals surface area contributed by atoms with Crippen molar-refractivity contribution >= 4 is 21.5 Å². The minimum Gasteiger partial charge on any atom is -0.870 e. The van der Waals surface area contributed by atoms with Gasteiger partial charge in [0.1, 0.15) is 0 Å². The molecule has 3 N–H and O–H groups in total. The van der Waals surface area contributed by atoms with Gasteiger partial charge in [-0.3, -0.25) is 0 Å². The van der Waals surface area contributed by atoms with Crippen molar-refractivity contribution < 1.29 is 33.5 Å². The summed E-state index contributed by atoms with van der Waals surface area (Å²) in [5.41, 5.74) is 0. The van der Waals surface area contributed by atoms with Gasteiger partial charge in [-0.1, -0.05) is 97.1 Å². The first kappa shape index (κ1) is 24.1. The van der Waals surface area contributed by atoms with Crippen LogP contribution in [0.4, 0.5) is 0 Å². The molecule has 0 spiro atoms. The molecule has 0 amide bonds. The van der Waals surface area contributed by atoms with Crippen LogP contribution in [0.5, 0.6) is 0 Å². The van der Waals surface area contributed by atoms with Crippen LogP contribution in [0.3, 0.4) is 0 Å². The fraction of sp³-hybridized carbons (Fsp3) is 0. The molecule has 4 rings (SSSR count). The van der Waals surface area contributed by atoms with Crippen molar-refractivity contribution in [3.63, 3.8) is 0 Å². The molecule has 0 bridgehead atoms. The Morgan fingerprint density at radius 3 is 0.542 bits per heavy atom. The van der Waals surface area contributed by atoms with E-state index in [0.29, 0.717) is 0 Å². The van der Waals surface area contributed by atoms with E-state index >= 15 is 0 Å². The van der Waals surface area contributed by atoms with Gasteiger partial charge in [-0.15, -0.1) is 0 Å². The zero-order valence-corrected chi connectivity index (χ0v) is 14.0. The molecule has 0 unspecified atom stereocenters. The van der Waals surface area contributed by atoms with Crippen LogP contribution in [-0.2, 0) is 17.1 Å². The SMILES string of the molecule is [Fe+3].[OH-].[OH-].[OH-].c1ccc2ccccc2c1.c1ccc2ccccc2c1. The summed E-state index contributed by atoms with van der Waals surface area (Å²) in [4.78, 5) is 0. The molecule has 4 aromatic rings. The third-order valence-corrected chi connectivity index (χ3v) is 3.32. The molecular formula is C20H19FeO3. The largest absolute Gasteiger partial charge is 3.00 e. The Bertz CT molecular complexity index is 632. The Morgan fingerprint density at radius 2 is 0.417 bits per heavy atom. The van der Waals surface area contributed by atoms with Gasteiger partial charge < -0.3 is 16.4 Å². The van der Waals surface area contributed by atoms with Gasteiger partial charge in [0.25, 0.3) is 0 Å². The average molecular weight is 363 g/mol. The van der Waals surface area contributed by atoms with Gasteiger partial charge in [0.15, 0.2) is 0 Å². The van der Waals surface area contributed by atoms with Crippen molar-refractivity contribution in [2.24, 2.45) is 0 Å². The van der Waals surface area contributed by atoms with Crippen LogP contribution >= 0.6 is 0 Å². The van der Waals surface area contributed by atoms with Crippen molar-refractivity contribution in [3.05, 3.63) is 97.1 Å². The molecule has 1 radical (unpaired) electrons. The van der Waals surface area contributed by atoms with Crippen molar-refractivity contribution in [3.8, 4) is 0 Å². The summed E-state index contributed by atoms with van der Waals surface area (Å²) in [6.07, 6.45) is 0. The van der Waals surface area contributed by atoms with Gasteiger partial charge >= 0.3 is 17.1 Å². The van der Waals surface area contributed by atoms with Crippen LogP contribution in [0.25, 0.3) is 21.5 Å². The smallest absolute Gasteiger partial charge is 0.870 e. The second-order valence-electron chi connectivity index (χ2n) is 4.69. The molecule has 3 nitrogen and oxygen atoms in total. The molecule has 0 aliphatic rings. The summed E-state index contributed by atoms with van der Waals surface area (Å²) in [7, 11) is 0. The van der Waals surface area contributed by atoms with Gasteiger partial charge in [0.2, 0.25) is 0 Å². The monoisotopic (exact) mass is 363 g/mol. The molecule has 4 heteroatoms. The maximum absolute atomic E-state index is 2.12. The van der Waals surface area contributed by atoms with Gasteiger partial charge in [-0.2, -0.15) is 0 Å². The number of benzene rings is 4. The Morgan fingerprint density at radius 1 is 0.292 bits per heavy atom. The molecule has 0 atom stereocenters. The zero-order chi connectivity index (χ0) is 13.6. The topological polar surface area (TPSA) is 90.0 Å². The summed E-state index contributed by atoms with van der Waals surface area (Å²) >= 11 is 0. The first-order valence-electron chi connectivity index (χ1n) is 6.81. The summed E-state index contributed by atoms with van der Waals surface area (Å²) in [5.74, 6) is 0. The normalized spacial score (nSPS) is 8.33. The van der Waals surface area contributed by atoms with E-state index in [1.54, 1.807) is 0 Å². The fourth-order valence-electron chi connectivity index (χ4n) is 2.27. The third-order valence-electron chi connectivity index (χ3n) is 3.32. The Hall–Kier alpha value is -2.20. The van der Waals surface area contributed by atoms with E-state index in [1.165, 1.54) is 21.5 Å². The summed E-state index contributed by atoms with van der Waals surface area (Å²) < 4.78 is 0. The van der Waals surface area contributed by atoms with Crippen molar-refractivity contribution in [2.75, 3.05) is 0 Å². The predicted molar refractivity (Wildman–Crippen MR) is 93.7 cm³/mol. The molecule has 0 saturated heterocycles. The molecular weight excluding hydrogens is 344 g/mol. The summed E-state index contributed by atoms with van der Waals surface area (Å²) in [6.45, 7) is 0. The van der Waals surface area contributed by atoms with Gasteiger partial charge in [-0.25, -0.2) is 0 Å². The van der Waals surface area contributed by atoms with E-state index in [0.717, 1.165) is 0 Å². The molecule has 0 aliphatic heterocycles. The number of rotatable bonds is 0. The molecule has 0 heterocycles. The van der Waals surface area contributed by atoms with Crippen molar-refractivity contribution in [1.29, 1.82) is 0 Å². The standard InChI is InChI=1S/2C10H8.Fe.3H2O/c2*1-2-6-10-8-4-3-7-9(10)5-1;;;;/h2*1-8H;;3*1H2/q;;+3;;;/p-3. The first-order valence-corrected chi connectivity index (χ1v) is 6.81. The quantitative estimate of drug-likeness (QED) is 0.405. The van der Waals surface area contributed by atoms with Crippen molar-refractivity contribution in [2.45, 2.75) is 0 Å². The molecule has 24 heavy (non-hydrogen) atoms. The number of hydrogen-bond acceptors (Lipinski definition) is 3. The van der Waals surface area contributed by atoms with Crippen LogP contribution < -0.4 is 0 Å². The van der Waals surface area contributed by atoms with E-state index in [4.69, 9.17) is 0 Å². The fourth-order valence-corrected chi connectivity index (χ4v) is 2.27. The van der Waals surface area contributed by atoms with E-state index in [-0.39, 0.29) is 33.5 Å². The van der Waals surface area contributed by atoms with Gasteiger partial charge in [-0.05, 0) is 21.5 Å². The van der Waals surface area contributed by atoms with Gasteiger partial charge in [0, 0.05) is 0 Å². The number of hydrogen-bond donors (Lipinski definition) is 0. The Balaban J connectivity index is 0. The maximum Gasteiger partial charge on any atom is 3.00 e. The number of fused-ring (bicyclic) bond motifs is 2. The van der Waals surface area contributed by atoms with Crippen LogP contribution in [0, 0.1) is 0 Å². The van der Waals surface area contributed by atoms with Crippen LogP contribution in [0.2, 0.25) is 0 Å². The van der Waals surface area contributed by atoms with E-state index in [2.05, 4.69) is 97.1 Å². The van der Waals surface area contributed by atoms with Crippen molar-refractivity contribution in [1.82, 2.24) is 0 Å². The van der Waals surface area contributed by atoms with Crippen LogP contribution in [0.15, 0.2) is 97.1 Å².